The third kappa shape index (κ3) is 8.22. The Morgan fingerprint density at radius 2 is 1.58 bits per heavy atom. The van der Waals surface area contributed by atoms with E-state index in [0.29, 0.717) is 41.8 Å². The van der Waals surface area contributed by atoms with E-state index in [2.05, 4.69) is 4.90 Å². The Balaban J connectivity index is 1.43. The minimum absolute atomic E-state index is 0.00672. The predicted molar refractivity (Wildman–Crippen MR) is 128 cm³/mol. The van der Waals surface area contributed by atoms with Crippen LogP contribution in [0.15, 0.2) is 48.5 Å². The Kier molecular flexibility index (Phi) is 9.85. The van der Waals surface area contributed by atoms with Gasteiger partial charge in [-0.15, -0.1) is 0 Å². The highest BCUT2D eigenvalue weighted by Gasteiger charge is 2.34. The molecule has 8 heteroatoms. The monoisotopic (exact) mass is 493 g/mol. The lowest BCUT2D eigenvalue weighted by molar-refractivity contribution is -0.149. The van der Waals surface area contributed by atoms with E-state index in [0.717, 1.165) is 25.1 Å². The number of esters is 1. The van der Waals surface area contributed by atoms with Crippen LogP contribution in [-0.4, -0.2) is 56.1 Å². The number of nitrogens with zero attached hydrogens (tertiary/aromatic N) is 1. The standard InChI is InChI=1S/C25H29Cl2NO5/c1-31-25(30)24-16-18(15-21(29)17-33-23-9-5-20(27)6-10-23)11-13-28(24)12-2-14-32-22-7-3-19(26)4-8-22/h3-10,18,24H,2,11-17H2,1H3. The molecule has 178 valence electrons. The summed E-state index contributed by atoms with van der Waals surface area (Å²) in [6.07, 6.45) is 2.60. The summed E-state index contributed by atoms with van der Waals surface area (Å²) in [5.74, 6) is 1.25. The van der Waals surface area contributed by atoms with E-state index in [1.165, 1.54) is 7.11 Å². The number of ether oxygens (including phenoxy) is 3. The molecule has 0 radical (unpaired) electrons. The zero-order valence-corrected chi connectivity index (χ0v) is 20.2. The molecule has 2 unspecified atom stereocenters. The van der Waals surface area contributed by atoms with E-state index < -0.39 is 0 Å². The maximum Gasteiger partial charge on any atom is 0.323 e. The number of hydrogen-bond acceptors (Lipinski definition) is 6. The highest BCUT2D eigenvalue weighted by molar-refractivity contribution is 6.30. The van der Waals surface area contributed by atoms with Crippen molar-refractivity contribution in [3.05, 3.63) is 58.6 Å². The van der Waals surface area contributed by atoms with Gasteiger partial charge < -0.3 is 14.2 Å². The first kappa shape index (κ1) is 25.3. The number of piperidine rings is 1. The summed E-state index contributed by atoms with van der Waals surface area (Å²) < 4.78 is 16.3. The van der Waals surface area contributed by atoms with E-state index in [4.69, 9.17) is 37.4 Å². The molecule has 6 nitrogen and oxygen atoms in total. The second-order valence-electron chi connectivity index (χ2n) is 8.11. The first-order valence-corrected chi connectivity index (χ1v) is 11.8. The van der Waals surface area contributed by atoms with Gasteiger partial charge in [-0.2, -0.15) is 0 Å². The fraction of sp³-hybridized carbons (Fsp3) is 0.440. The first-order chi connectivity index (χ1) is 15.9. The van der Waals surface area contributed by atoms with Crippen LogP contribution in [0.5, 0.6) is 11.5 Å². The molecule has 0 bridgehead atoms. The number of methoxy groups -OCH3 is 1. The normalized spacial score (nSPS) is 18.5. The van der Waals surface area contributed by atoms with E-state index in [-0.39, 0.29) is 30.3 Å². The minimum Gasteiger partial charge on any atom is -0.494 e. The molecular weight excluding hydrogens is 465 g/mol. The molecule has 0 aromatic heterocycles. The smallest absolute Gasteiger partial charge is 0.323 e. The number of carbonyl (C=O) groups is 2. The second kappa shape index (κ2) is 12.8. The summed E-state index contributed by atoms with van der Waals surface area (Å²) in [6.45, 7) is 1.99. The zero-order valence-electron chi connectivity index (χ0n) is 18.7. The van der Waals surface area contributed by atoms with Gasteiger partial charge in [0, 0.05) is 23.0 Å². The SMILES string of the molecule is COC(=O)C1CC(CC(=O)COc2ccc(Cl)cc2)CCN1CCCOc1ccc(Cl)cc1. The highest BCUT2D eigenvalue weighted by Crippen LogP contribution is 2.27. The lowest BCUT2D eigenvalue weighted by Crippen LogP contribution is -2.48. The number of Topliss-reactive ketones (excluding diaryl/α,β-unsaturated/α-hetero) is 1. The molecule has 2 atom stereocenters. The number of halogens is 2. The molecule has 1 aliphatic rings. The lowest BCUT2D eigenvalue weighted by atomic mass is 9.87. The molecule has 0 amide bonds. The highest BCUT2D eigenvalue weighted by atomic mass is 35.5. The van der Waals surface area contributed by atoms with E-state index in [1.54, 1.807) is 36.4 Å². The van der Waals surface area contributed by atoms with Crippen molar-refractivity contribution in [2.45, 2.75) is 31.7 Å². The molecule has 2 aromatic carbocycles. The minimum atomic E-state index is -0.353. The van der Waals surface area contributed by atoms with Crippen LogP contribution >= 0.6 is 23.2 Å². The van der Waals surface area contributed by atoms with Crippen molar-refractivity contribution in [2.75, 3.05) is 33.4 Å². The Labute approximate surface area is 204 Å². The summed E-state index contributed by atoms with van der Waals surface area (Å²) in [5, 5.41) is 1.28. The van der Waals surface area contributed by atoms with E-state index in [1.807, 2.05) is 12.1 Å². The summed E-state index contributed by atoms with van der Waals surface area (Å²) in [4.78, 5) is 27.0. The van der Waals surface area contributed by atoms with Gasteiger partial charge in [0.2, 0.25) is 0 Å². The maximum atomic E-state index is 12.4. The predicted octanol–water partition coefficient (Wildman–Crippen LogP) is 5.05. The maximum absolute atomic E-state index is 12.4. The quantitative estimate of drug-likeness (QED) is 0.322. The fourth-order valence-electron chi connectivity index (χ4n) is 3.99. The van der Waals surface area contributed by atoms with E-state index >= 15 is 0 Å². The number of ketones is 1. The Hall–Kier alpha value is -2.28. The molecular formula is C25H29Cl2NO5. The molecule has 0 spiro atoms. The van der Waals surface area contributed by atoms with Crippen molar-refractivity contribution >= 4 is 35.0 Å². The molecule has 1 fully saturated rings. The molecule has 1 aliphatic heterocycles. The average molecular weight is 494 g/mol. The molecule has 2 aromatic rings. The van der Waals surface area contributed by atoms with E-state index in [9.17, 15) is 9.59 Å². The second-order valence-corrected chi connectivity index (χ2v) is 8.98. The third-order valence-electron chi connectivity index (χ3n) is 5.70. The van der Waals surface area contributed by atoms with Crippen LogP contribution in [0.1, 0.15) is 25.7 Å². The van der Waals surface area contributed by atoms with Crippen molar-refractivity contribution in [3.8, 4) is 11.5 Å². The number of rotatable bonds is 11. The van der Waals surface area contributed by atoms with Crippen LogP contribution in [0, 0.1) is 5.92 Å². The van der Waals surface area contributed by atoms with Gasteiger partial charge in [-0.25, -0.2) is 0 Å². The zero-order chi connectivity index (χ0) is 23.6. The third-order valence-corrected chi connectivity index (χ3v) is 6.20. The van der Waals surface area contributed by atoms with Gasteiger partial charge in [0.25, 0.3) is 0 Å². The molecule has 1 saturated heterocycles. The summed E-state index contributed by atoms with van der Waals surface area (Å²) in [6, 6.07) is 13.8. The average Bonchev–Trinajstić information content (AvgIpc) is 2.82. The molecule has 1 heterocycles. The molecule has 3 rings (SSSR count). The van der Waals surface area contributed by atoms with Crippen molar-refractivity contribution in [1.82, 2.24) is 4.90 Å². The van der Waals surface area contributed by atoms with Crippen LogP contribution in [-0.2, 0) is 14.3 Å². The van der Waals surface area contributed by atoms with Crippen LogP contribution in [0.25, 0.3) is 0 Å². The summed E-state index contributed by atoms with van der Waals surface area (Å²) >= 11 is 11.8. The van der Waals surface area contributed by atoms with Crippen LogP contribution < -0.4 is 9.47 Å². The van der Waals surface area contributed by atoms with Gasteiger partial charge >= 0.3 is 5.97 Å². The largest absolute Gasteiger partial charge is 0.494 e. The molecule has 0 aliphatic carbocycles. The van der Waals surface area contributed by atoms with Gasteiger partial charge in [-0.3, -0.25) is 14.5 Å². The number of benzene rings is 2. The van der Waals surface area contributed by atoms with Gasteiger partial charge in [0.05, 0.1) is 13.7 Å². The van der Waals surface area contributed by atoms with Gasteiger partial charge in [0.15, 0.2) is 5.78 Å². The van der Waals surface area contributed by atoms with Gasteiger partial charge in [0.1, 0.15) is 24.1 Å². The topological polar surface area (TPSA) is 65.1 Å². The lowest BCUT2D eigenvalue weighted by Gasteiger charge is -2.37. The van der Waals surface area contributed by atoms with Crippen molar-refractivity contribution in [1.29, 1.82) is 0 Å². The van der Waals surface area contributed by atoms with Crippen molar-refractivity contribution < 1.29 is 23.8 Å². The first-order valence-electron chi connectivity index (χ1n) is 11.0. The van der Waals surface area contributed by atoms with Crippen LogP contribution in [0.4, 0.5) is 0 Å². The summed E-state index contributed by atoms with van der Waals surface area (Å²) in [7, 11) is 1.40. The number of likely N-dealkylation sites (tertiary alicyclic amines) is 1. The Morgan fingerprint density at radius 3 is 2.18 bits per heavy atom. The molecule has 0 N–H and O–H groups in total. The summed E-state index contributed by atoms with van der Waals surface area (Å²) in [5.41, 5.74) is 0. The van der Waals surface area contributed by atoms with Crippen LogP contribution in [0.2, 0.25) is 10.0 Å². The van der Waals surface area contributed by atoms with Gasteiger partial charge in [-0.1, -0.05) is 23.2 Å². The Bertz CT molecular complexity index is 904. The van der Waals surface area contributed by atoms with Crippen LogP contribution in [0.3, 0.4) is 0 Å². The fourth-order valence-corrected chi connectivity index (χ4v) is 4.24. The Morgan fingerprint density at radius 1 is 0.970 bits per heavy atom. The van der Waals surface area contributed by atoms with Gasteiger partial charge in [-0.05, 0) is 80.3 Å². The van der Waals surface area contributed by atoms with Crippen molar-refractivity contribution in [2.24, 2.45) is 5.92 Å². The van der Waals surface area contributed by atoms with Crippen molar-refractivity contribution in [3.63, 3.8) is 0 Å². The molecule has 0 saturated carbocycles. The number of hydrogen-bond donors (Lipinski definition) is 0. The number of carbonyl (C=O) groups excluding carboxylic acids is 2. The molecule has 33 heavy (non-hydrogen) atoms.